The second-order valence-corrected chi connectivity index (χ2v) is 3.73. The van der Waals surface area contributed by atoms with Crippen molar-refractivity contribution in [3.8, 4) is 0 Å². The second-order valence-electron chi connectivity index (χ2n) is 1.63. The summed E-state index contributed by atoms with van der Waals surface area (Å²) in [6.45, 7) is 2.67. The predicted octanol–water partition coefficient (Wildman–Crippen LogP) is -2.24. The minimum atomic E-state index is -4.42. The molecule has 0 amide bonds. The summed E-state index contributed by atoms with van der Waals surface area (Å²) in [7, 11) is -8.85. The fraction of sp³-hybridized carbons (Fsp3) is 1.00. The normalized spacial score (nSPS) is 10.2. The average Bonchev–Trinajstić information content (AvgIpc) is 1.81. The van der Waals surface area contributed by atoms with Gasteiger partial charge in [-0.1, -0.05) is 0 Å². The van der Waals surface area contributed by atoms with Gasteiger partial charge < -0.3 is 14.6 Å². The van der Waals surface area contributed by atoms with Gasteiger partial charge in [0.25, 0.3) is 0 Å². The van der Waals surface area contributed by atoms with Crippen LogP contribution in [0.25, 0.3) is 0 Å². The SMILES string of the molecule is CCOS(=O)(=O)[O-].CCOS(=O)(=O)[O-].O.[Ba+2]. The molecule has 0 aromatic heterocycles. The Balaban J connectivity index is -0.0000000800. The molecule has 0 saturated carbocycles. The van der Waals surface area contributed by atoms with Gasteiger partial charge in [0.2, 0.25) is 20.8 Å². The van der Waals surface area contributed by atoms with Crippen LogP contribution in [0, 0.1) is 0 Å². The van der Waals surface area contributed by atoms with Crippen LogP contribution in [0.2, 0.25) is 0 Å². The summed E-state index contributed by atoms with van der Waals surface area (Å²) >= 11 is 0. The third-order valence-electron chi connectivity index (χ3n) is 0.524. The molecule has 0 aromatic rings. The molecule has 12 heteroatoms. The van der Waals surface area contributed by atoms with Crippen LogP contribution >= 0.6 is 0 Å². The zero-order chi connectivity index (χ0) is 11.8. The summed E-state index contributed by atoms with van der Waals surface area (Å²) in [4.78, 5) is 0. The first-order valence-corrected chi connectivity index (χ1v) is 5.99. The van der Waals surface area contributed by atoms with E-state index in [4.69, 9.17) is 0 Å². The molecule has 0 spiro atoms. The van der Waals surface area contributed by atoms with Gasteiger partial charge in [-0.2, -0.15) is 0 Å². The molecule has 9 nitrogen and oxygen atoms in total. The minimum Gasteiger partial charge on any atom is -0.726 e. The molecule has 0 aliphatic rings. The van der Waals surface area contributed by atoms with E-state index in [0.29, 0.717) is 0 Å². The van der Waals surface area contributed by atoms with Crippen molar-refractivity contribution in [2.75, 3.05) is 13.2 Å². The van der Waals surface area contributed by atoms with Gasteiger partial charge in [0.1, 0.15) is 0 Å². The molecule has 2 N–H and O–H groups in total. The molecule has 0 aromatic carbocycles. The average molecular weight is 406 g/mol. The first kappa shape index (κ1) is 26.0. The van der Waals surface area contributed by atoms with Crippen LogP contribution in [0.4, 0.5) is 0 Å². The standard InChI is InChI=1S/2C2H6O4S.Ba.H2O/c2*1-2-6-7(3,4)5;;/h2*2H2,1H3,(H,3,4,5);;1H2/q;;+2;/p-2. The molecule has 96 valence electrons. The molecule has 0 unspecified atom stereocenters. The van der Waals surface area contributed by atoms with Crippen LogP contribution < -0.4 is 0 Å². The van der Waals surface area contributed by atoms with E-state index in [1.165, 1.54) is 13.8 Å². The van der Waals surface area contributed by atoms with E-state index in [1.807, 2.05) is 0 Å². The predicted molar refractivity (Wildman–Crippen MR) is 52.0 cm³/mol. The molecule has 16 heavy (non-hydrogen) atoms. The van der Waals surface area contributed by atoms with Crippen LogP contribution in [0.3, 0.4) is 0 Å². The van der Waals surface area contributed by atoms with Crippen molar-refractivity contribution < 1.29 is 39.8 Å². The third kappa shape index (κ3) is 36.2. The van der Waals surface area contributed by atoms with Gasteiger partial charge in [-0.15, -0.1) is 0 Å². The van der Waals surface area contributed by atoms with Crippen molar-refractivity contribution in [1.29, 1.82) is 0 Å². The molecule has 0 heterocycles. The van der Waals surface area contributed by atoms with E-state index in [0.717, 1.165) is 0 Å². The van der Waals surface area contributed by atoms with E-state index in [2.05, 4.69) is 8.37 Å². The summed E-state index contributed by atoms with van der Waals surface area (Å²) in [5, 5.41) is 0. The van der Waals surface area contributed by atoms with E-state index in [9.17, 15) is 25.9 Å². The first-order valence-electron chi connectivity index (χ1n) is 3.32. The Kier molecular flexibility index (Phi) is 20.6. The molecular formula is C4H12BaO9S2. The Labute approximate surface area is 135 Å². The van der Waals surface area contributed by atoms with E-state index < -0.39 is 20.8 Å². The molecule has 0 aliphatic carbocycles. The Bertz CT molecular complexity index is 285. The maximum Gasteiger partial charge on any atom is 2.00 e. The number of hydrogen-bond acceptors (Lipinski definition) is 8. The summed E-state index contributed by atoms with van der Waals surface area (Å²) in [6.07, 6.45) is 0. The van der Waals surface area contributed by atoms with Crippen molar-refractivity contribution in [2.24, 2.45) is 0 Å². The Morgan fingerprint density at radius 1 is 0.875 bits per heavy atom. The monoisotopic (exact) mass is 406 g/mol. The zero-order valence-corrected chi connectivity index (χ0v) is 14.8. The van der Waals surface area contributed by atoms with Crippen LogP contribution in [0.1, 0.15) is 13.8 Å². The van der Waals surface area contributed by atoms with Crippen molar-refractivity contribution >= 4 is 69.7 Å². The van der Waals surface area contributed by atoms with E-state index in [1.54, 1.807) is 0 Å². The van der Waals surface area contributed by atoms with Crippen LogP contribution in [0.15, 0.2) is 0 Å². The Hall–Kier alpha value is 1.27. The molecule has 0 fully saturated rings. The molecule has 0 aliphatic heterocycles. The summed E-state index contributed by atoms with van der Waals surface area (Å²) in [5.41, 5.74) is 0. The second kappa shape index (κ2) is 12.7. The first-order chi connectivity index (χ1) is 6.12. The van der Waals surface area contributed by atoms with Crippen molar-refractivity contribution in [3.63, 3.8) is 0 Å². The van der Waals surface area contributed by atoms with E-state index in [-0.39, 0.29) is 67.6 Å². The maximum atomic E-state index is 9.45. The smallest absolute Gasteiger partial charge is 0.726 e. The van der Waals surface area contributed by atoms with Gasteiger partial charge >= 0.3 is 48.9 Å². The summed E-state index contributed by atoms with van der Waals surface area (Å²) in [6, 6.07) is 0. The quantitative estimate of drug-likeness (QED) is 0.288. The van der Waals surface area contributed by atoms with Gasteiger partial charge in [-0.3, -0.25) is 8.37 Å². The van der Waals surface area contributed by atoms with Gasteiger partial charge in [-0.25, -0.2) is 16.8 Å². The van der Waals surface area contributed by atoms with Crippen LogP contribution in [-0.2, 0) is 29.2 Å². The van der Waals surface area contributed by atoms with Crippen molar-refractivity contribution in [1.82, 2.24) is 0 Å². The zero-order valence-electron chi connectivity index (χ0n) is 8.70. The van der Waals surface area contributed by atoms with Crippen LogP contribution in [-0.4, -0.2) is 93.5 Å². The Morgan fingerprint density at radius 2 is 1.06 bits per heavy atom. The topological polar surface area (TPSA) is 164 Å². The van der Waals surface area contributed by atoms with Gasteiger partial charge in [0.05, 0.1) is 13.2 Å². The molecule has 0 saturated heterocycles. The summed E-state index contributed by atoms with van der Waals surface area (Å²) < 4.78 is 64.0. The largest absolute Gasteiger partial charge is 2.00 e. The third-order valence-corrected chi connectivity index (χ3v) is 1.57. The van der Waals surface area contributed by atoms with Crippen molar-refractivity contribution in [3.05, 3.63) is 0 Å². The Morgan fingerprint density at radius 3 is 1.06 bits per heavy atom. The summed E-state index contributed by atoms with van der Waals surface area (Å²) in [5.74, 6) is 0. The minimum absolute atomic E-state index is 0. The molecular weight excluding hydrogens is 393 g/mol. The van der Waals surface area contributed by atoms with Crippen molar-refractivity contribution in [2.45, 2.75) is 13.8 Å². The maximum absolute atomic E-state index is 9.45. The number of rotatable bonds is 4. The van der Waals surface area contributed by atoms with Gasteiger partial charge in [-0.05, 0) is 13.8 Å². The van der Waals surface area contributed by atoms with Crippen LogP contribution in [0.5, 0.6) is 0 Å². The fourth-order valence-corrected chi connectivity index (χ4v) is 0.866. The molecule has 0 rings (SSSR count). The van der Waals surface area contributed by atoms with E-state index >= 15 is 0 Å². The fourth-order valence-electron chi connectivity index (χ4n) is 0.289. The van der Waals surface area contributed by atoms with Gasteiger partial charge in [0.15, 0.2) is 0 Å². The molecule has 0 atom stereocenters. The molecule has 0 radical (unpaired) electrons. The van der Waals surface area contributed by atoms with Gasteiger partial charge in [0, 0.05) is 0 Å². The molecule has 0 bridgehead atoms. The number of hydrogen-bond donors (Lipinski definition) is 0.